The Balaban J connectivity index is 2.19. The summed E-state index contributed by atoms with van der Waals surface area (Å²) in [5, 5.41) is 28.2. The Morgan fingerprint density at radius 3 is 2.27 bits per heavy atom. The van der Waals surface area contributed by atoms with Crippen LogP contribution in [0.5, 0.6) is 0 Å². The van der Waals surface area contributed by atoms with Crippen LogP contribution in [0.1, 0.15) is 11.7 Å². The predicted molar refractivity (Wildman–Crippen MR) is 53.2 cm³/mol. The normalized spacial score (nSPS) is 35.7. The summed E-state index contributed by atoms with van der Waals surface area (Å²) >= 11 is 0. The van der Waals surface area contributed by atoms with Crippen LogP contribution in [0, 0.1) is 0 Å². The summed E-state index contributed by atoms with van der Waals surface area (Å²) < 4.78 is 5.37. The van der Waals surface area contributed by atoms with E-state index < -0.39 is 24.4 Å². The molecule has 1 heterocycles. The second-order valence-electron chi connectivity index (χ2n) is 3.67. The first-order chi connectivity index (χ1) is 7.24. The highest BCUT2D eigenvalue weighted by Crippen LogP contribution is 2.32. The molecule has 0 radical (unpaired) electrons. The van der Waals surface area contributed by atoms with Crippen LogP contribution < -0.4 is 0 Å². The molecule has 4 heteroatoms. The summed E-state index contributed by atoms with van der Waals surface area (Å²) in [6.07, 6.45) is -3.27. The summed E-state index contributed by atoms with van der Waals surface area (Å²) in [6, 6.07) is 9.18. The van der Waals surface area contributed by atoms with Gasteiger partial charge < -0.3 is 20.1 Å². The molecular weight excluding hydrogens is 196 g/mol. The second kappa shape index (κ2) is 4.28. The van der Waals surface area contributed by atoms with Gasteiger partial charge in [-0.05, 0) is 5.56 Å². The van der Waals surface area contributed by atoms with E-state index in [1.54, 1.807) is 0 Å². The zero-order valence-electron chi connectivity index (χ0n) is 8.15. The van der Waals surface area contributed by atoms with Gasteiger partial charge in [-0.25, -0.2) is 0 Å². The smallest absolute Gasteiger partial charge is 0.113 e. The van der Waals surface area contributed by atoms with Crippen LogP contribution >= 0.6 is 0 Å². The van der Waals surface area contributed by atoms with Crippen molar-refractivity contribution in [1.29, 1.82) is 0 Å². The van der Waals surface area contributed by atoms with Gasteiger partial charge in [-0.1, -0.05) is 30.3 Å². The third-order valence-electron chi connectivity index (χ3n) is 2.67. The molecule has 1 aromatic carbocycles. The molecule has 1 saturated heterocycles. The number of hydrogen-bond donors (Lipinski definition) is 3. The molecule has 4 atom stereocenters. The Hall–Kier alpha value is -0.940. The van der Waals surface area contributed by atoms with E-state index in [0.717, 1.165) is 5.56 Å². The lowest BCUT2D eigenvalue weighted by atomic mass is 10.0. The fourth-order valence-corrected chi connectivity index (χ4v) is 1.82. The lowest BCUT2D eigenvalue weighted by Crippen LogP contribution is -2.32. The third-order valence-corrected chi connectivity index (χ3v) is 2.67. The number of benzene rings is 1. The maximum absolute atomic E-state index is 9.73. The first kappa shape index (κ1) is 10.6. The fourth-order valence-electron chi connectivity index (χ4n) is 1.82. The van der Waals surface area contributed by atoms with Gasteiger partial charge >= 0.3 is 0 Å². The van der Waals surface area contributed by atoms with Crippen molar-refractivity contribution in [3.63, 3.8) is 0 Å². The van der Waals surface area contributed by atoms with Crippen LogP contribution in [-0.2, 0) is 4.74 Å². The molecular formula is C11H14O4. The quantitative estimate of drug-likeness (QED) is 0.634. The highest BCUT2D eigenvalue weighted by molar-refractivity contribution is 5.20. The van der Waals surface area contributed by atoms with Gasteiger partial charge in [0.2, 0.25) is 0 Å². The molecule has 0 aliphatic carbocycles. The topological polar surface area (TPSA) is 69.9 Å². The van der Waals surface area contributed by atoms with Crippen LogP contribution in [0.3, 0.4) is 0 Å². The van der Waals surface area contributed by atoms with E-state index in [4.69, 9.17) is 9.84 Å². The molecule has 82 valence electrons. The molecule has 4 nitrogen and oxygen atoms in total. The van der Waals surface area contributed by atoms with Gasteiger partial charge in [0.15, 0.2) is 0 Å². The molecule has 0 bridgehead atoms. The molecule has 0 amide bonds. The number of aliphatic hydroxyl groups is 3. The lowest BCUT2D eigenvalue weighted by molar-refractivity contribution is -0.0227. The van der Waals surface area contributed by atoms with Gasteiger partial charge in [-0.3, -0.25) is 0 Å². The number of aliphatic hydroxyl groups excluding tert-OH is 3. The molecule has 0 aromatic heterocycles. The minimum atomic E-state index is -1.03. The first-order valence-electron chi connectivity index (χ1n) is 4.91. The van der Waals surface area contributed by atoms with Crippen molar-refractivity contribution >= 4 is 0 Å². The molecule has 1 fully saturated rings. The van der Waals surface area contributed by atoms with E-state index in [0.29, 0.717) is 0 Å². The molecule has 1 aromatic rings. The van der Waals surface area contributed by atoms with Gasteiger partial charge in [-0.15, -0.1) is 0 Å². The summed E-state index contributed by atoms with van der Waals surface area (Å²) in [5.41, 5.74) is 0.806. The average molecular weight is 210 g/mol. The zero-order chi connectivity index (χ0) is 10.8. The maximum Gasteiger partial charge on any atom is 0.113 e. The summed E-state index contributed by atoms with van der Waals surface area (Å²) in [6.45, 7) is -0.290. The predicted octanol–water partition coefficient (Wildman–Crippen LogP) is -0.159. The Morgan fingerprint density at radius 2 is 1.73 bits per heavy atom. The number of hydrogen-bond acceptors (Lipinski definition) is 4. The maximum atomic E-state index is 9.73. The molecule has 15 heavy (non-hydrogen) atoms. The van der Waals surface area contributed by atoms with Crippen molar-refractivity contribution < 1.29 is 20.1 Å². The van der Waals surface area contributed by atoms with E-state index in [1.165, 1.54) is 0 Å². The molecule has 1 aliphatic rings. The molecule has 2 rings (SSSR count). The highest BCUT2D eigenvalue weighted by atomic mass is 16.6. The Labute approximate surface area is 87.7 Å². The van der Waals surface area contributed by atoms with E-state index >= 15 is 0 Å². The molecule has 1 aliphatic heterocycles. The van der Waals surface area contributed by atoms with Crippen molar-refractivity contribution in [3.05, 3.63) is 35.9 Å². The third kappa shape index (κ3) is 1.89. The first-order valence-corrected chi connectivity index (χ1v) is 4.91. The van der Waals surface area contributed by atoms with Gasteiger partial charge in [0.05, 0.1) is 6.61 Å². The van der Waals surface area contributed by atoms with Crippen LogP contribution in [0.25, 0.3) is 0 Å². The number of rotatable bonds is 2. The van der Waals surface area contributed by atoms with Crippen molar-refractivity contribution in [2.24, 2.45) is 0 Å². The average Bonchev–Trinajstić information content (AvgIpc) is 2.57. The largest absolute Gasteiger partial charge is 0.394 e. The van der Waals surface area contributed by atoms with Gasteiger partial charge in [0, 0.05) is 0 Å². The second-order valence-corrected chi connectivity index (χ2v) is 3.67. The minimum absolute atomic E-state index is 0.290. The minimum Gasteiger partial charge on any atom is -0.394 e. The molecule has 2 unspecified atom stereocenters. The SMILES string of the molecule is OC[C@H]1O[C@H](c2ccccc2)C(O)C1O. The summed E-state index contributed by atoms with van der Waals surface area (Å²) in [5.74, 6) is 0. The van der Waals surface area contributed by atoms with E-state index in [9.17, 15) is 10.2 Å². The van der Waals surface area contributed by atoms with E-state index in [-0.39, 0.29) is 6.61 Å². The van der Waals surface area contributed by atoms with Crippen molar-refractivity contribution in [2.75, 3.05) is 6.61 Å². The van der Waals surface area contributed by atoms with E-state index in [1.807, 2.05) is 30.3 Å². The highest BCUT2D eigenvalue weighted by Gasteiger charge is 2.42. The van der Waals surface area contributed by atoms with Crippen molar-refractivity contribution in [3.8, 4) is 0 Å². The van der Waals surface area contributed by atoms with Crippen LogP contribution in [0.4, 0.5) is 0 Å². The summed E-state index contributed by atoms with van der Waals surface area (Å²) in [4.78, 5) is 0. The Bertz CT molecular complexity index is 314. The molecule has 0 saturated carbocycles. The van der Waals surface area contributed by atoms with Gasteiger partial charge in [-0.2, -0.15) is 0 Å². The van der Waals surface area contributed by atoms with Crippen molar-refractivity contribution in [1.82, 2.24) is 0 Å². The summed E-state index contributed by atoms with van der Waals surface area (Å²) in [7, 11) is 0. The zero-order valence-corrected chi connectivity index (χ0v) is 8.15. The Kier molecular flexibility index (Phi) is 3.02. The monoisotopic (exact) mass is 210 g/mol. The van der Waals surface area contributed by atoms with Crippen LogP contribution in [-0.4, -0.2) is 40.2 Å². The Morgan fingerprint density at radius 1 is 1.07 bits per heavy atom. The van der Waals surface area contributed by atoms with Gasteiger partial charge in [0.1, 0.15) is 24.4 Å². The fraction of sp³-hybridized carbons (Fsp3) is 0.455. The standard InChI is InChI=1S/C11H14O4/c12-6-8-9(13)10(14)11(15-8)7-4-2-1-3-5-7/h1-5,8-14H,6H2/t8-,9?,10?,11-/m1/s1. The molecule has 3 N–H and O–H groups in total. The van der Waals surface area contributed by atoms with Gasteiger partial charge in [0.25, 0.3) is 0 Å². The van der Waals surface area contributed by atoms with Crippen LogP contribution in [0.2, 0.25) is 0 Å². The lowest BCUT2D eigenvalue weighted by Gasteiger charge is -2.14. The molecule has 0 spiro atoms. The number of ether oxygens (including phenoxy) is 1. The van der Waals surface area contributed by atoms with Crippen molar-refractivity contribution in [2.45, 2.75) is 24.4 Å². The van der Waals surface area contributed by atoms with Crippen LogP contribution in [0.15, 0.2) is 30.3 Å². The van der Waals surface area contributed by atoms with E-state index in [2.05, 4.69) is 0 Å².